The van der Waals surface area contributed by atoms with E-state index in [1.165, 1.54) is 5.56 Å². The molecule has 4 nitrogen and oxygen atoms in total. The van der Waals surface area contributed by atoms with Crippen LogP contribution in [0.25, 0.3) is 0 Å². The zero-order valence-electron chi connectivity index (χ0n) is 13.8. The molecule has 1 N–H and O–H groups in total. The molecule has 0 saturated heterocycles. The Kier molecular flexibility index (Phi) is 7.88. The first-order valence-corrected chi connectivity index (χ1v) is 7.72. The standard InChI is InChI=1S/C16H31N3O/c1-6-8-17-10-15-9-16(20-13-15)12-19(7-2)14(3)11-18(4)5/h9,13-14,17H,6-8,10-12H2,1-5H3. The Bertz CT molecular complexity index is 362. The molecule has 0 saturated carbocycles. The lowest BCUT2D eigenvalue weighted by molar-refractivity contribution is 0.163. The molecule has 1 unspecified atom stereocenters. The molecular formula is C16H31N3O. The minimum atomic E-state index is 0.529. The number of furan rings is 1. The highest BCUT2D eigenvalue weighted by atomic mass is 16.3. The van der Waals surface area contributed by atoms with Crippen molar-refractivity contribution in [2.24, 2.45) is 0 Å². The summed E-state index contributed by atoms with van der Waals surface area (Å²) in [4.78, 5) is 4.68. The molecule has 0 aliphatic heterocycles. The predicted molar refractivity (Wildman–Crippen MR) is 84.8 cm³/mol. The molecule has 0 aromatic carbocycles. The number of nitrogens with zero attached hydrogens (tertiary/aromatic N) is 2. The molecule has 116 valence electrons. The van der Waals surface area contributed by atoms with Gasteiger partial charge in [0.15, 0.2) is 0 Å². The molecule has 20 heavy (non-hydrogen) atoms. The van der Waals surface area contributed by atoms with Gasteiger partial charge in [-0.15, -0.1) is 0 Å². The molecule has 4 heteroatoms. The molecule has 0 radical (unpaired) electrons. The zero-order chi connectivity index (χ0) is 15.0. The molecule has 0 fully saturated rings. The highest BCUT2D eigenvalue weighted by Crippen LogP contribution is 2.13. The Balaban J connectivity index is 2.48. The first kappa shape index (κ1) is 17.2. The molecule has 1 heterocycles. The van der Waals surface area contributed by atoms with Gasteiger partial charge in [0, 0.05) is 24.7 Å². The Morgan fingerprint density at radius 2 is 2.05 bits per heavy atom. The third kappa shape index (κ3) is 6.07. The molecule has 1 atom stereocenters. The van der Waals surface area contributed by atoms with Crippen molar-refractivity contribution >= 4 is 0 Å². The van der Waals surface area contributed by atoms with E-state index >= 15 is 0 Å². The summed E-state index contributed by atoms with van der Waals surface area (Å²) >= 11 is 0. The number of nitrogens with one attached hydrogen (secondary N) is 1. The van der Waals surface area contributed by atoms with E-state index in [1.807, 2.05) is 6.26 Å². The normalized spacial score (nSPS) is 13.3. The van der Waals surface area contributed by atoms with Crippen LogP contribution in [0.2, 0.25) is 0 Å². The van der Waals surface area contributed by atoms with Gasteiger partial charge in [0.25, 0.3) is 0 Å². The number of likely N-dealkylation sites (N-methyl/N-ethyl adjacent to an activating group) is 2. The van der Waals surface area contributed by atoms with E-state index < -0.39 is 0 Å². The second kappa shape index (κ2) is 9.16. The average Bonchev–Trinajstić information content (AvgIpc) is 2.83. The second-order valence-corrected chi connectivity index (χ2v) is 5.77. The van der Waals surface area contributed by atoms with Crippen LogP contribution < -0.4 is 5.32 Å². The van der Waals surface area contributed by atoms with E-state index in [2.05, 4.69) is 56.0 Å². The van der Waals surface area contributed by atoms with Crippen LogP contribution in [-0.4, -0.2) is 49.6 Å². The van der Waals surface area contributed by atoms with Crippen LogP contribution in [0.1, 0.15) is 38.5 Å². The number of rotatable bonds is 10. The van der Waals surface area contributed by atoms with Crippen molar-refractivity contribution in [3.63, 3.8) is 0 Å². The fourth-order valence-corrected chi connectivity index (χ4v) is 2.43. The quantitative estimate of drug-likeness (QED) is 0.668. The average molecular weight is 281 g/mol. The van der Waals surface area contributed by atoms with Crippen LogP contribution in [-0.2, 0) is 13.1 Å². The van der Waals surface area contributed by atoms with Gasteiger partial charge in [-0.25, -0.2) is 0 Å². The van der Waals surface area contributed by atoms with E-state index in [0.717, 1.165) is 44.9 Å². The summed E-state index contributed by atoms with van der Waals surface area (Å²) in [5.74, 6) is 1.06. The van der Waals surface area contributed by atoms with Gasteiger partial charge in [0.2, 0.25) is 0 Å². The Labute approximate surface area is 124 Å². The van der Waals surface area contributed by atoms with Gasteiger partial charge >= 0.3 is 0 Å². The summed E-state index contributed by atoms with van der Waals surface area (Å²) in [5, 5.41) is 3.40. The topological polar surface area (TPSA) is 31.7 Å². The molecule has 0 aliphatic rings. The minimum Gasteiger partial charge on any atom is -0.468 e. The fourth-order valence-electron chi connectivity index (χ4n) is 2.43. The number of hydrogen-bond donors (Lipinski definition) is 1. The van der Waals surface area contributed by atoms with Gasteiger partial charge in [0.1, 0.15) is 5.76 Å². The van der Waals surface area contributed by atoms with Crippen LogP contribution in [0, 0.1) is 0 Å². The second-order valence-electron chi connectivity index (χ2n) is 5.77. The van der Waals surface area contributed by atoms with Crippen LogP contribution >= 0.6 is 0 Å². The first-order valence-electron chi connectivity index (χ1n) is 7.72. The highest BCUT2D eigenvalue weighted by Gasteiger charge is 2.15. The van der Waals surface area contributed by atoms with Crippen molar-refractivity contribution in [1.82, 2.24) is 15.1 Å². The summed E-state index contributed by atoms with van der Waals surface area (Å²) in [6.07, 6.45) is 3.04. The summed E-state index contributed by atoms with van der Waals surface area (Å²) in [7, 11) is 4.24. The summed E-state index contributed by atoms with van der Waals surface area (Å²) in [5.41, 5.74) is 1.24. The maximum absolute atomic E-state index is 5.69. The van der Waals surface area contributed by atoms with Crippen LogP contribution in [0.15, 0.2) is 16.7 Å². The third-order valence-electron chi connectivity index (χ3n) is 3.48. The molecule has 1 aromatic heterocycles. The van der Waals surface area contributed by atoms with Crippen molar-refractivity contribution in [3.8, 4) is 0 Å². The molecule has 0 bridgehead atoms. The van der Waals surface area contributed by atoms with E-state index in [1.54, 1.807) is 0 Å². The van der Waals surface area contributed by atoms with Crippen LogP contribution in [0.5, 0.6) is 0 Å². The van der Waals surface area contributed by atoms with E-state index in [0.29, 0.717) is 6.04 Å². The Morgan fingerprint density at radius 1 is 1.30 bits per heavy atom. The van der Waals surface area contributed by atoms with Crippen molar-refractivity contribution < 1.29 is 4.42 Å². The van der Waals surface area contributed by atoms with Gasteiger partial charge in [-0.3, -0.25) is 4.90 Å². The maximum Gasteiger partial charge on any atom is 0.118 e. The maximum atomic E-state index is 5.69. The highest BCUT2D eigenvalue weighted by molar-refractivity contribution is 5.12. The molecular weight excluding hydrogens is 250 g/mol. The van der Waals surface area contributed by atoms with Gasteiger partial charge in [-0.05, 0) is 46.6 Å². The molecule has 0 aliphatic carbocycles. The first-order chi connectivity index (χ1) is 9.56. The SMILES string of the molecule is CCCNCc1coc(CN(CC)C(C)CN(C)C)c1. The molecule has 0 amide bonds. The lowest BCUT2D eigenvalue weighted by atomic mass is 10.2. The third-order valence-corrected chi connectivity index (χ3v) is 3.48. The van der Waals surface area contributed by atoms with Crippen molar-refractivity contribution in [3.05, 3.63) is 23.7 Å². The largest absolute Gasteiger partial charge is 0.468 e. The molecule has 1 rings (SSSR count). The zero-order valence-corrected chi connectivity index (χ0v) is 13.8. The smallest absolute Gasteiger partial charge is 0.118 e. The van der Waals surface area contributed by atoms with E-state index in [9.17, 15) is 0 Å². The van der Waals surface area contributed by atoms with Gasteiger partial charge in [-0.2, -0.15) is 0 Å². The summed E-state index contributed by atoms with van der Waals surface area (Å²) < 4.78 is 5.69. The van der Waals surface area contributed by atoms with Crippen LogP contribution in [0.4, 0.5) is 0 Å². The van der Waals surface area contributed by atoms with E-state index in [4.69, 9.17) is 4.42 Å². The fraction of sp³-hybridized carbons (Fsp3) is 0.750. The lowest BCUT2D eigenvalue weighted by Gasteiger charge is -2.29. The van der Waals surface area contributed by atoms with Gasteiger partial charge in [-0.1, -0.05) is 13.8 Å². The van der Waals surface area contributed by atoms with Gasteiger partial charge in [0.05, 0.1) is 12.8 Å². The van der Waals surface area contributed by atoms with Crippen LogP contribution in [0.3, 0.4) is 0 Å². The predicted octanol–water partition coefficient (Wildman–Crippen LogP) is 2.55. The monoisotopic (exact) mass is 281 g/mol. The molecule has 0 spiro atoms. The summed E-state index contributed by atoms with van der Waals surface area (Å²) in [6, 6.07) is 2.70. The Hall–Kier alpha value is -0.840. The van der Waals surface area contributed by atoms with Crippen molar-refractivity contribution in [2.45, 2.75) is 46.3 Å². The minimum absolute atomic E-state index is 0.529. The summed E-state index contributed by atoms with van der Waals surface area (Å²) in [6.45, 7) is 11.6. The number of hydrogen-bond acceptors (Lipinski definition) is 4. The Morgan fingerprint density at radius 3 is 2.65 bits per heavy atom. The van der Waals surface area contributed by atoms with E-state index in [-0.39, 0.29) is 0 Å². The van der Waals surface area contributed by atoms with Crippen molar-refractivity contribution in [1.29, 1.82) is 0 Å². The van der Waals surface area contributed by atoms with Gasteiger partial charge < -0.3 is 14.6 Å². The van der Waals surface area contributed by atoms with Crippen molar-refractivity contribution in [2.75, 3.05) is 33.7 Å². The molecule has 1 aromatic rings. The lowest BCUT2D eigenvalue weighted by Crippen LogP contribution is -2.39.